The summed E-state index contributed by atoms with van der Waals surface area (Å²) in [6.45, 7) is 4.07. The summed E-state index contributed by atoms with van der Waals surface area (Å²) in [5.74, 6) is 1.79. The van der Waals surface area contributed by atoms with Gasteiger partial charge in [0.2, 0.25) is 0 Å². The first-order valence-electron chi connectivity index (χ1n) is 8.24. The molecule has 3 N–H and O–H groups in total. The maximum Gasteiger partial charge on any atom is 0.315 e. The van der Waals surface area contributed by atoms with Crippen molar-refractivity contribution in [2.75, 3.05) is 20.3 Å². The van der Waals surface area contributed by atoms with Gasteiger partial charge in [0.05, 0.1) is 13.7 Å². The third-order valence-corrected chi connectivity index (χ3v) is 3.42. The lowest BCUT2D eigenvalue weighted by molar-refractivity contribution is 0.107. The van der Waals surface area contributed by atoms with Crippen molar-refractivity contribution in [3.05, 3.63) is 47.5 Å². The van der Waals surface area contributed by atoms with E-state index in [0.717, 1.165) is 11.4 Å². The van der Waals surface area contributed by atoms with Crippen molar-refractivity contribution in [3.8, 4) is 11.5 Å². The number of aliphatic hydroxyl groups excluding tert-OH is 1. The van der Waals surface area contributed by atoms with E-state index in [-0.39, 0.29) is 19.7 Å². The van der Waals surface area contributed by atoms with E-state index in [1.807, 2.05) is 19.9 Å². The molecule has 0 aliphatic rings. The van der Waals surface area contributed by atoms with Crippen LogP contribution in [-0.2, 0) is 6.54 Å². The molecule has 0 aliphatic carbocycles. The Morgan fingerprint density at radius 2 is 1.85 bits per heavy atom. The fraction of sp³-hybridized carbons (Fsp3) is 0.389. The van der Waals surface area contributed by atoms with Gasteiger partial charge in [0.15, 0.2) is 0 Å². The molecule has 8 heteroatoms. The van der Waals surface area contributed by atoms with Crippen LogP contribution in [0.2, 0.25) is 0 Å². The molecule has 2 aromatic rings. The highest BCUT2D eigenvalue weighted by atomic mass is 16.5. The average molecular weight is 360 g/mol. The molecule has 8 nitrogen and oxygen atoms in total. The summed E-state index contributed by atoms with van der Waals surface area (Å²) in [5, 5.41) is 15.2. The van der Waals surface area contributed by atoms with Gasteiger partial charge in [-0.2, -0.15) is 0 Å². The van der Waals surface area contributed by atoms with Crippen molar-refractivity contribution in [1.29, 1.82) is 0 Å². The first kappa shape index (κ1) is 19.5. The number of carbonyl (C=O) groups is 1. The molecular formula is C18H24N4O4. The van der Waals surface area contributed by atoms with Gasteiger partial charge in [-0.05, 0) is 32.0 Å². The van der Waals surface area contributed by atoms with Crippen molar-refractivity contribution in [3.63, 3.8) is 0 Å². The molecule has 0 bridgehead atoms. The van der Waals surface area contributed by atoms with Gasteiger partial charge in [0, 0.05) is 24.0 Å². The fourth-order valence-corrected chi connectivity index (χ4v) is 2.25. The zero-order valence-electron chi connectivity index (χ0n) is 15.2. The van der Waals surface area contributed by atoms with Crippen LogP contribution in [0.3, 0.4) is 0 Å². The number of amides is 2. The third-order valence-electron chi connectivity index (χ3n) is 3.42. The number of carbonyl (C=O) groups excluding carboxylic acids is 1. The highest BCUT2D eigenvalue weighted by Gasteiger charge is 2.09. The summed E-state index contributed by atoms with van der Waals surface area (Å²) >= 11 is 0. The molecule has 2 rings (SSSR count). The maximum absolute atomic E-state index is 11.8. The normalized spacial score (nSPS) is 11.5. The van der Waals surface area contributed by atoms with E-state index in [2.05, 4.69) is 20.6 Å². The van der Waals surface area contributed by atoms with Gasteiger partial charge >= 0.3 is 6.03 Å². The molecule has 1 atom stereocenters. The number of nitrogens with one attached hydrogen (secondary N) is 2. The molecule has 0 fully saturated rings. The lowest BCUT2D eigenvalue weighted by Crippen LogP contribution is -2.41. The smallest absolute Gasteiger partial charge is 0.315 e. The lowest BCUT2D eigenvalue weighted by Gasteiger charge is -2.14. The number of aromatic nitrogens is 2. The number of hydrogen-bond acceptors (Lipinski definition) is 6. The van der Waals surface area contributed by atoms with Crippen LogP contribution in [0, 0.1) is 13.8 Å². The monoisotopic (exact) mass is 360 g/mol. The molecule has 1 heterocycles. The van der Waals surface area contributed by atoms with Crippen molar-refractivity contribution < 1.29 is 19.4 Å². The largest absolute Gasteiger partial charge is 0.497 e. The topological polar surface area (TPSA) is 106 Å². The Hall–Kier alpha value is -2.87. The van der Waals surface area contributed by atoms with Crippen LogP contribution in [0.25, 0.3) is 0 Å². The Balaban J connectivity index is 1.69. The molecule has 0 saturated heterocycles. The number of benzene rings is 1. The minimum absolute atomic E-state index is 0.0492. The molecule has 26 heavy (non-hydrogen) atoms. The number of urea groups is 1. The van der Waals surface area contributed by atoms with Crippen LogP contribution in [-0.4, -0.2) is 47.5 Å². The van der Waals surface area contributed by atoms with Gasteiger partial charge < -0.3 is 25.2 Å². The van der Waals surface area contributed by atoms with Gasteiger partial charge in [0.25, 0.3) is 0 Å². The predicted molar refractivity (Wildman–Crippen MR) is 96.2 cm³/mol. The van der Waals surface area contributed by atoms with E-state index in [0.29, 0.717) is 17.3 Å². The molecule has 0 aliphatic heterocycles. The molecule has 1 aromatic carbocycles. The van der Waals surface area contributed by atoms with Gasteiger partial charge in [0.1, 0.15) is 30.0 Å². The van der Waals surface area contributed by atoms with Gasteiger partial charge in [-0.3, -0.25) is 0 Å². The summed E-state index contributed by atoms with van der Waals surface area (Å²) in [4.78, 5) is 20.3. The summed E-state index contributed by atoms with van der Waals surface area (Å²) in [5.41, 5.74) is 1.69. The first-order valence-corrected chi connectivity index (χ1v) is 8.24. The zero-order chi connectivity index (χ0) is 18.9. The van der Waals surface area contributed by atoms with Crippen molar-refractivity contribution in [2.24, 2.45) is 0 Å². The van der Waals surface area contributed by atoms with E-state index in [1.165, 1.54) is 0 Å². The number of ether oxygens (including phenoxy) is 2. The molecule has 140 valence electrons. The van der Waals surface area contributed by atoms with Crippen LogP contribution < -0.4 is 20.1 Å². The molecule has 0 unspecified atom stereocenters. The number of methoxy groups -OCH3 is 1. The standard InChI is InChI=1S/C18H24N4O4/c1-12-7-13(2)22-17(21-12)10-20-18(24)19-9-14(23)11-26-16-6-4-5-15(8-16)25-3/h4-8,14,23H,9-11H2,1-3H3,(H2,19,20,24)/t14-/m0/s1. The van der Waals surface area contributed by atoms with Gasteiger partial charge in [-0.15, -0.1) is 0 Å². The predicted octanol–water partition coefficient (Wildman–Crippen LogP) is 1.34. The minimum Gasteiger partial charge on any atom is -0.497 e. The number of nitrogens with zero attached hydrogens (tertiary/aromatic N) is 2. The lowest BCUT2D eigenvalue weighted by atomic mass is 10.3. The Kier molecular flexibility index (Phi) is 7.16. The first-order chi connectivity index (χ1) is 12.5. The second kappa shape index (κ2) is 9.57. The average Bonchev–Trinajstić information content (AvgIpc) is 2.62. The second-order valence-corrected chi connectivity index (χ2v) is 5.77. The van der Waals surface area contributed by atoms with Crippen LogP contribution >= 0.6 is 0 Å². The number of aryl methyl sites for hydroxylation is 2. The summed E-state index contributed by atoms with van der Waals surface area (Å²) in [6, 6.07) is 8.53. The van der Waals surface area contributed by atoms with Crippen molar-refractivity contribution >= 4 is 6.03 Å². The number of hydrogen-bond donors (Lipinski definition) is 3. The molecular weight excluding hydrogens is 336 g/mol. The van der Waals surface area contributed by atoms with E-state index >= 15 is 0 Å². The molecule has 0 radical (unpaired) electrons. The van der Waals surface area contributed by atoms with Crippen molar-refractivity contribution in [2.45, 2.75) is 26.5 Å². The van der Waals surface area contributed by atoms with Gasteiger partial charge in [-0.1, -0.05) is 6.07 Å². The Morgan fingerprint density at radius 1 is 1.15 bits per heavy atom. The number of aliphatic hydroxyl groups is 1. The molecule has 2 amide bonds. The Labute approximate surface area is 152 Å². The SMILES string of the molecule is COc1cccc(OC[C@@H](O)CNC(=O)NCc2nc(C)cc(C)n2)c1. The fourth-order valence-electron chi connectivity index (χ4n) is 2.25. The Bertz CT molecular complexity index is 719. The Morgan fingerprint density at radius 3 is 2.54 bits per heavy atom. The third kappa shape index (κ3) is 6.56. The van der Waals surface area contributed by atoms with Crippen LogP contribution in [0.5, 0.6) is 11.5 Å². The highest BCUT2D eigenvalue weighted by molar-refractivity contribution is 5.73. The summed E-state index contributed by atoms with van der Waals surface area (Å²) in [7, 11) is 1.57. The van der Waals surface area contributed by atoms with Crippen LogP contribution in [0.1, 0.15) is 17.2 Å². The zero-order valence-corrected chi connectivity index (χ0v) is 15.2. The summed E-state index contributed by atoms with van der Waals surface area (Å²) in [6.07, 6.45) is -0.843. The van der Waals surface area contributed by atoms with Crippen LogP contribution in [0.4, 0.5) is 4.79 Å². The van der Waals surface area contributed by atoms with Gasteiger partial charge in [-0.25, -0.2) is 14.8 Å². The maximum atomic E-state index is 11.8. The van der Waals surface area contributed by atoms with E-state index in [9.17, 15) is 9.90 Å². The van der Waals surface area contributed by atoms with E-state index in [4.69, 9.17) is 9.47 Å². The molecule has 0 spiro atoms. The number of rotatable bonds is 8. The van der Waals surface area contributed by atoms with Crippen LogP contribution in [0.15, 0.2) is 30.3 Å². The minimum atomic E-state index is -0.843. The molecule has 1 aromatic heterocycles. The van der Waals surface area contributed by atoms with E-state index in [1.54, 1.807) is 31.4 Å². The van der Waals surface area contributed by atoms with Crippen molar-refractivity contribution in [1.82, 2.24) is 20.6 Å². The quantitative estimate of drug-likeness (QED) is 0.656. The highest BCUT2D eigenvalue weighted by Crippen LogP contribution is 2.18. The summed E-state index contributed by atoms with van der Waals surface area (Å²) < 4.78 is 10.6. The van der Waals surface area contributed by atoms with E-state index < -0.39 is 12.1 Å². The second-order valence-electron chi connectivity index (χ2n) is 5.77. The molecule has 0 saturated carbocycles.